The summed E-state index contributed by atoms with van der Waals surface area (Å²) in [7, 11) is -3.59. The Balaban J connectivity index is 3.21. The van der Waals surface area contributed by atoms with Crippen molar-refractivity contribution in [2.24, 2.45) is 0 Å². The average molecular weight is 272 g/mol. The topological polar surface area (TPSA) is 83.6 Å². The fraction of sp³-hybridized carbons (Fsp3) is 0.500. The quantitative estimate of drug-likeness (QED) is 0.756. The van der Waals surface area contributed by atoms with Crippen LogP contribution in [0.25, 0.3) is 0 Å². The van der Waals surface area contributed by atoms with E-state index in [2.05, 4.69) is 0 Å². The molecule has 0 atom stereocenters. The number of hydrogen-bond acceptors (Lipinski definition) is 4. The Morgan fingerprint density at radius 1 is 1.33 bits per heavy atom. The van der Waals surface area contributed by atoms with Gasteiger partial charge in [0.25, 0.3) is 0 Å². The van der Waals surface area contributed by atoms with Crippen molar-refractivity contribution < 1.29 is 13.5 Å². The molecule has 3 N–H and O–H groups in total. The zero-order valence-electron chi connectivity index (χ0n) is 10.8. The second-order valence-electron chi connectivity index (χ2n) is 4.15. The van der Waals surface area contributed by atoms with E-state index in [1.807, 2.05) is 6.92 Å². The molecule has 0 bridgehead atoms. The summed E-state index contributed by atoms with van der Waals surface area (Å²) in [5, 5.41) is 8.97. The zero-order valence-corrected chi connectivity index (χ0v) is 11.6. The summed E-state index contributed by atoms with van der Waals surface area (Å²) in [4.78, 5) is 0.212. The van der Waals surface area contributed by atoms with E-state index in [0.717, 1.165) is 0 Å². The lowest BCUT2D eigenvalue weighted by atomic mass is 10.2. The van der Waals surface area contributed by atoms with Gasteiger partial charge in [0, 0.05) is 18.8 Å². The van der Waals surface area contributed by atoms with Crippen LogP contribution >= 0.6 is 0 Å². The maximum absolute atomic E-state index is 12.4. The molecule has 1 aromatic rings. The van der Waals surface area contributed by atoms with Crippen LogP contribution in [0.3, 0.4) is 0 Å². The molecular weight excluding hydrogens is 252 g/mol. The van der Waals surface area contributed by atoms with Crippen LogP contribution in [0.4, 0.5) is 5.69 Å². The number of hydrogen-bond donors (Lipinski definition) is 2. The molecule has 102 valence electrons. The van der Waals surface area contributed by atoms with Gasteiger partial charge in [-0.1, -0.05) is 13.0 Å². The summed E-state index contributed by atoms with van der Waals surface area (Å²) >= 11 is 0. The maximum atomic E-state index is 12.4. The Bertz CT molecular complexity index is 494. The summed E-state index contributed by atoms with van der Waals surface area (Å²) in [6.07, 6.45) is 0.695. The molecule has 0 unspecified atom stereocenters. The number of anilines is 1. The summed E-state index contributed by atoms with van der Waals surface area (Å²) in [5.41, 5.74) is 6.71. The van der Waals surface area contributed by atoms with E-state index < -0.39 is 10.0 Å². The molecule has 5 nitrogen and oxygen atoms in total. The molecule has 0 amide bonds. The van der Waals surface area contributed by atoms with Gasteiger partial charge in [-0.3, -0.25) is 0 Å². The average Bonchev–Trinajstić information content (AvgIpc) is 2.32. The van der Waals surface area contributed by atoms with Gasteiger partial charge in [0.15, 0.2) is 0 Å². The first-order valence-corrected chi connectivity index (χ1v) is 7.34. The lowest BCUT2D eigenvalue weighted by molar-refractivity contribution is 0.253. The maximum Gasteiger partial charge on any atom is 0.243 e. The van der Waals surface area contributed by atoms with Gasteiger partial charge in [0.05, 0.1) is 11.5 Å². The van der Waals surface area contributed by atoms with E-state index in [1.165, 1.54) is 10.4 Å². The predicted octanol–water partition coefficient (Wildman–Crippen LogP) is 0.970. The lowest BCUT2D eigenvalue weighted by Gasteiger charge is -2.21. The second kappa shape index (κ2) is 6.17. The van der Waals surface area contributed by atoms with E-state index in [4.69, 9.17) is 10.8 Å². The molecule has 6 heteroatoms. The van der Waals surface area contributed by atoms with Gasteiger partial charge in [-0.2, -0.15) is 4.31 Å². The van der Waals surface area contributed by atoms with Gasteiger partial charge in [0.1, 0.15) is 0 Å². The van der Waals surface area contributed by atoms with E-state index >= 15 is 0 Å². The molecule has 1 aromatic carbocycles. The molecule has 0 radical (unpaired) electrons. The van der Waals surface area contributed by atoms with Crippen LogP contribution in [-0.2, 0) is 10.0 Å². The van der Waals surface area contributed by atoms with Crippen molar-refractivity contribution in [3.8, 4) is 0 Å². The highest BCUT2D eigenvalue weighted by atomic mass is 32.2. The number of nitrogens with two attached hydrogens (primary N) is 1. The Hall–Kier alpha value is -1.11. The first-order chi connectivity index (χ1) is 8.43. The molecule has 0 aliphatic rings. The number of sulfonamides is 1. The van der Waals surface area contributed by atoms with Crippen molar-refractivity contribution in [1.82, 2.24) is 4.31 Å². The number of benzene rings is 1. The first kappa shape index (κ1) is 14.9. The number of aliphatic hydroxyl groups excluding tert-OH is 1. The van der Waals surface area contributed by atoms with E-state index in [1.54, 1.807) is 19.1 Å². The molecule has 0 aliphatic heterocycles. The fourth-order valence-corrected chi connectivity index (χ4v) is 3.53. The van der Waals surface area contributed by atoms with Crippen LogP contribution in [-0.4, -0.2) is 37.5 Å². The summed E-state index contributed by atoms with van der Waals surface area (Å²) in [6.45, 7) is 3.92. The minimum atomic E-state index is -3.59. The number of aliphatic hydroxyl groups is 1. The fourth-order valence-electron chi connectivity index (χ4n) is 1.75. The van der Waals surface area contributed by atoms with Crippen molar-refractivity contribution >= 4 is 15.7 Å². The van der Waals surface area contributed by atoms with Gasteiger partial charge in [-0.15, -0.1) is 0 Å². The van der Waals surface area contributed by atoms with Crippen LogP contribution in [0.5, 0.6) is 0 Å². The smallest absolute Gasteiger partial charge is 0.243 e. The Morgan fingerprint density at radius 3 is 2.56 bits per heavy atom. The van der Waals surface area contributed by atoms with Crippen molar-refractivity contribution in [1.29, 1.82) is 0 Å². The van der Waals surface area contributed by atoms with Crippen LogP contribution in [0.15, 0.2) is 23.1 Å². The normalized spacial score (nSPS) is 12.0. The molecule has 0 aromatic heterocycles. The Labute approximate surface area is 108 Å². The number of nitrogen functional groups attached to an aromatic ring is 1. The van der Waals surface area contributed by atoms with Gasteiger partial charge in [-0.25, -0.2) is 8.42 Å². The molecular formula is C12H20N2O3S. The monoisotopic (exact) mass is 272 g/mol. The highest BCUT2D eigenvalue weighted by molar-refractivity contribution is 7.89. The first-order valence-electron chi connectivity index (χ1n) is 5.90. The molecule has 0 saturated heterocycles. The van der Waals surface area contributed by atoms with Crippen molar-refractivity contribution in [3.63, 3.8) is 0 Å². The molecule has 0 spiro atoms. The molecule has 0 fully saturated rings. The SMILES string of the molecule is CCCN(CCO)S(=O)(=O)c1cc(N)ccc1C. The highest BCUT2D eigenvalue weighted by Gasteiger charge is 2.25. The standard InChI is InChI=1S/C12H20N2O3S/c1-3-6-14(7-8-15)18(16,17)12-9-11(13)5-4-10(12)2/h4-5,9,15H,3,6-8,13H2,1-2H3. The van der Waals surface area contributed by atoms with Crippen LogP contribution in [0.1, 0.15) is 18.9 Å². The molecule has 0 heterocycles. The van der Waals surface area contributed by atoms with Gasteiger partial charge < -0.3 is 10.8 Å². The summed E-state index contributed by atoms with van der Waals surface area (Å²) in [6, 6.07) is 4.82. The second-order valence-corrected chi connectivity index (χ2v) is 6.06. The van der Waals surface area contributed by atoms with Gasteiger partial charge >= 0.3 is 0 Å². The third-order valence-corrected chi connectivity index (χ3v) is 4.69. The third kappa shape index (κ3) is 3.22. The summed E-state index contributed by atoms with van der Waals surface area (Å²) in [5.74, 6) is 0. The Kier molecular flexibility index (Phi) is 5.13. The van der Waals surface area contributed by atoms with Gasteiger partial charge in [-0.05, 0) is 31.0 Å². The largest absolute Gasteiger partial charge is 0.399 e. The Morgan fingerprint density at radius 2 is 2.00 bits per heavy atom. The number of rotatable bonds is 6. The van der Waals surface area contributed by atoms with Crippen molar-refractivity contribution in [2.75, 3.05) is 25.4 Å². The predicted molar refractivity (Wildman–Crippen MR) is 71.7 cm³/mol. The summed E-state index contributed by atoms with van der Waals surface area (Å²) < 4.78 is 26.2. The number of nitrogens with zero attached hydrogens (tertiary/aromatic N) is 1. The van der Waals surface area contributed by atoms with E-state index in [9.17, 15) is 8.42 Å². The minimum absolute atomic E-state index is 0.102. The third-order valence-electron chi connectivity index (χ3n) is 2.65. The molecule has 1 rings (SSSR count). The van der Waals surface area contributed by atoms with Crippen LogP contribution in [0.2, 0.25) is 0 Å². The molecule has 0 saturated carbocycles. The highest BCUT2D eigenvalue weighted by Crippen LogP contribution is 2.22. The van der Waals surface area contributed by atoms with Crippen molar-refractivity contribution in [2.45, 2.75) is 25.2 Å². The van der Waals surface area contributed by atoms with Crippen molar-refractivity contribution in [3.05, 3.63) is 23.8 Å². The molecule has 0 aliphatic carbocycles. The lowest BCUT2D eigenvalue weighted by Crippen LogP contribution is -2.34. The zero-order chi connectivity index (χ0) is 13.8. The number of aryl methyl sites for hydroxylation is 1. The van der Waals surface area contributed by atoms with E-state index in [-0.39, 0.29) is 18.0 Å². The molecule has 18 heavy (non-hydrogen) atoms. The minimum Gasteiger partial charge on any atom is -0.399 e. The van der Waals surface area contributed by atoms with Crippen LogP contribution < -0.4 is 5.73 Å². The van der Waals surface area contributed by atoms with E-state index in [0.29, 0.717) is 24.2 Å². The van der Waals surface area contributed by atoms with Gasteiger partial charge in [0.2, 0.25) is 10.0 Å². The van der Waals surface area contributed by atoms with Crippen LogP contribution in [0, 0.1) is 6.92 Å².